The van der Waals surface area contributed by atoms with Gasteiger partial charge in [0, 0.05) is 26.2 Å². The standard InChI is InChI=1S/C4H12N2O4P2S2.4Na/c7-11(8,13)5-1-2-6(4-3-5)12(9,10)14;;;;/h1-4H2,(H2,7,8,13)(H2,9,10,14);;;;/q;4*+1/p-4. The van der Waals surface area contributed by atoms with E-state index < -0.39 is 13.3 Å². The Balaban J connectivity index is -0.000000245. The van der Waals surface area contributed by atoms with E-state index in [-0.39, 0.29) is 144 Å². The Morgan fingerprint density at radius 2 is 0.778 bits per heavy atom. The molecule has 0 atom stereocenters. The van der Waals surface area contributed by atoms with Crippen LogP contribution in [-0.2, 0) is 23.6 Å². The van der Waals surface area contributed by atoms with E-state index in [1.165, 1.54) is 0 Å². The average molecular weight is 366 g/mol. The van der Waals surface area contributed by atoms with Crippen LogP contribution in [0.2, 0.25) is 0 Å². The summed E-state index contributed by atoms with van der Waals surface area (Å²) in [7, 11) is 0. The molecule has 1 saturated heterocycles. The van der Waals surface area contributed by atoms with Crippen LogP contribution in [0.5, 0.6) is 0 Å². The van der Waals surface area contributed by atoms with E-state index in [4.69, 9.17) is 0 Å². The number of piperazine rings is 1. The Hall–Kier alpha value is 5.06. The third kappa shape index (κ3) is 11.6. The van der Waals surface area contributed by atoms with Crippen LogP contribution in [0.25, 0.3) is 0 Å². The van der Waals surface area contributed by atoms with Crippen molar-refractivity contribution in [3.8, 4) is 0 Å². The second-order valence-electron chi connectivity index (χ2n) is 2.84. The zero-order chi connectivity index (χ0) is 11.0. The van der Waals surface area contributed by atoms with E-state index in [2.05, 4.69) is 23.6 Å². The molecule has 0 unspecified atom stereocenters. The van der Waals surface area contributed by atoms with Crippen molar-refractivity contribution in [3.05, 3.63) is 0 Å². The first kappa shape index (κ1) is 30.9. The normalized spacial score (nSPS) is 17.6. The Morgan fingerprint density at radius 3 is 0.889 bits per heavy atom. The molecule has 0 aromatic rings. The van der Waals surface area contributed by atoms with Crippen LogP contribution in [-0.4, -0.2) is 35.5 Å². The Bertz CT molecular complexity index is 277. The molecule has 1 fully saturated rings. The van der Waals surface area contributed by atoms with Crippen molar-refractivity contribution in [1.29, 1.82) is 0 Å². The first-order chi connectivity index (χ1) is 6.21. The first-order valence-electron chi connectivity index (χ1n) is 3.76. The molecule has 0 radical (unpaired) electrons. The summed E-state index contributed by atoms with van der Waals surface area (Å²) in [4.78, 5) is 43.7. The summed E-state index contributed by atoms with van der Waals surface area (Å²) in [6.07, 6.45) is 0. The third-order valence-corrected chi connectivity index (χ3v) is 5.50. The second-order valence-corrected chi connectivity index (χ2v) is 8.62. The van der Waals surface area contributed by atoms with E-state index in [9.17, 15) is 19.6 Å². The van der Waals surface area contributed by atoms with Gasteiger partial charge in [-0.2, -0.15) is 0 Å². The second kappa shape index (κ2) is 13.4. The fourth-order valence-electron chi connectivity index (χ4n) is 1.18. The Labute approximate surface area is 206 Å². The maximum absolute atomic E-state index is 10.9. The molecule has 0 aliphatic carbocycles. The van der Waals surface area contributed by atoms with Crippen molar-refractivity contribution >= 4 is 36.9 Å². The molecular formula is C4H8N2Na4O4P2S2. The first-order valence-corrected chi connectivity index (χ1v) is 8.94. The smallest absolute Gasteiger partial charge is 0.821 e. The van der Waals surface area contributed by atoms with E-state index in [1.54, 1.807) is 0 Å². The van der Waals surface area contributed by atoms with Gasteiger partial charge in [0.05, 0.1) is 0 Å². The SMILES string of the molecule is [Na+].[Na+].[Na+].[Na+].[O-]P([O-])(=S)N1CCN(P([O-])([O-])=S)CC1. The fraction of sp³-hybridized carbons (Fsp3) is 1.00. The van der Waals surface area contributed by atoms with Crippen LogP contribution >= 0.6 is 13.3 Å². The fourth-order valence-corrected chi connectivity index (χ4v) is 3.49. The van der Waals surface area contributed by atoms with Crippen LogP contribution < -0.4 is 138 Å². The van der Waals surface area contributed by atoms with Gasteiger partial charge in [-0.15, -0.1) is 36.9 Å². The molecule has 1 aliphatic rings. The minimum atomic E-state index is -3.91. The van der Waals surface area contributed by atoms with Crippen LogP contribution in [0.4, 0.5) is 0 Å². The maximum Gasteiger partial charge on any atom is 1.00 e. The topological polar surface area (TPSA) is 98.7 Å². The number of hydrogen-bond donors (Lipinski definition) is 0. The minimum absolute atomic E-state index is 0. The number of hydrogen-bond acceptors (Lipinski definition) is 6. The molecule has 84 valence electrons. The quantitative estimate of drug-likeness (QED) is 0.351. The van der Waals surface area contributed by atoms with Gasteiger partial charge in [0.2, 0.25) is 0 Å². The van der Waals surface area contributed by atoms with Crippen molar-refractivity contribution in [2.24, 2.45) is 0 Å². The van der Waals surface area contributed by atoms with Gasteiger partial charge in [-0.05, 0) is 0 Å². The molecular weight excluding hydrogens is 358 g/mol. The van der Waals surface area contributed by atoms with E-state index in [0.717, 1.165) is 9.34 Å². The molecule has 1 aliphatic heterocycles. The maximum atomic E-state index is 10.9. The van der Waals surface area contributed by atoms with Crippen LogP contribution in [0.15, 0.2) is 0 Å². The monoisotopic (exact) mass is 366 g/mol. The van der Waals surface area contributed by atoms with Gasteiger partial charge in [-0.25, -0.2) is 0 Å². The molecule has 1 rings (SSSR count). The van der Waals surface area contributed by atoms with E-state index in [0.29, 0.717) is 0 Å². The molecule has 0 amide bonds. The van der Waals surface area contributed by atoms with Crippen molar-refractivity contribution in [1.82, 2.24) is 9.34 Å². The summed E-state index contributed by atoms with van der Waals surface area (Å²) in [6.45, 7) is -7.45. The minimum Gasteiger partial charge on any atom is -0.821 e. The van der Waals surface area contributed by atoms with E-state index in [1.807, 2.05) is 0 Å². The van der Waals surface area contributed by atoms with Gasteiger partial charge in [-0.1, -0.05) is 0 Å². The Kier molecular flexibility index (Phi) is 22.9. The largest absolute Gasteiger partial charge is 1.00 e. The van der Waals surface area contributed by atoms with Gasteiger partial charge in [0.15, 0.2) is 0 Å². The molecule has 6 nitrogen and oxygen atoms in total. The predicted octanol–water partition coefficient (Wildman–Crippen LogP) is -15.5. The molecule has 0 N–H and O–H groups in total. The number of nitrogens with zero attached hydrogens (tertiary/aromatic N) is 2. The van der Waals surface area contributed by atoms with Crippen molar-refractivity contribution in [3.63, 3.8) is 0 Å². The summed E-state index contributed by atoms with van der Waals surface area (Å²) >= 11 is 8.54. The van der Waals surface area contributed by atoms with Crippen LogP contribution in [0, 0.1) is 0 Å². The average Bonchev–Trinajstić information content (AvgIpc) is 2.01. The van der Waals surface area contributed by atoms with Crippen LogP contribution in [0.3, 0.4) is 0 Å². The summed E-state index contributed by atoms with van der Waals surface area (Å²) < 4.78 is 2.17. The zero-order valence-electron chi connectivity index (χ0n) is 11.1. The molecule has 14 heteroatoms. The molecule has 0 saturated carbocycles. The van der Waals surface area contributed by atoms with Crippen molar-refractivity contribution in [2.75, 3.05) is 26.2 Å². The summed E-state index contributed by atoms with van der Waals surface area (Å²) in [5.41, 5.74) is 0. The van der Waals surface area contributed by atoms with Gasteiger partial charge < -0.3 is 19.6 Å². The van der Waals surface area contributed by atoms with E-state index >= 15 is 0 Å². The van der Waals surface area contributed by atoms with Crippen molar-refractivity contribution in [2.45, 2.75) is 0 Å². The van der Waals surface area contributed by atoms with Gasteiger partial charge >= 0.3 is 118 Å². The molecule has 18 heavy (non-hydrogen) atoms. The molecule has 0 bridgehead atoms. The van der Waals surface area contributed by atoms with Crippen molar-refractivity contribution < 1.29 is 138 Å². The van der Waals surface area contributed by atoms with Gasteiger partial charge in [0.1, 0.15) is 0 Å². The number of rotatable bonds is 2. The Morgan fingerprint density at radius 1 is 0.611 bits per heavy atom. The predicted molar refractivity (Wildman–Crippen MR) is 51.7 cm³/mol. The molecule has 0 aromatic heterocycles. The molecule has 0 spiro atoms. The summed E-state index contributed by atoms with van der Waals surface area (Å²) in [5.74, 6) is 0. The molecule has 1 heterocycles. The third-order valence-electron chi connectivity index (χ3n) is 1.93. The zero-order valence-corrected chi connectivity index (χ0v) is 22.5. The van der Waals surface area contributed by atoms with Gasteiger partial charge in [-0.3, -0.25) is 9.34 Å². The summed E-state index contributed by atoms with van der Waals surface area (Å²) in [5, 5.41) is 0. The van der Waals surface area contributed by atoms with Gasteiger partial charge in [0.25, 0.3) is 0 Å². The molecule has 0 aromatic carbocycles. The summed E-state index contributed by atoms with van der Waals surface area (Å²) in [6, 6.07) is 0. The van der Waals surface area contributed by atoms with Crippen LogP contribution in [0.1, 0.15) is 0 Å².